The molecule has 1 aromatic carbocycles. The van der Waals surface area contributed by atoms with Gasteiger partial charge in [-0.15, -0.1) is 0 Å². The standard InChI is InChI=1S/C23H36/c1-3-8-20-15-17-23(18-16-20,21-9-6-5-7-10-21)22-13-11-19(4-2)12-14-22/h11-14,20-21H,3-10,15-18H2,1-2H3. The van der Waals surface area contributed by atoms with Crippen molar-refractivity contribution in [3.05, 3.63) is 35.4 Å². The number of hydrogen-bond acceptors (Lipinski definition) is 0. The van der Waals surface area contributed by atoms with E-state index in [0.29, 0.717) is 5.41 Å². The van der Waals surface area contributed by atoms with Crippen LogP contribution in [0.4, 0.5) is 0 Å². The predicted molar refractivity (Wildman–Crippen MR) is 101 cm³/mol. The minimum atomic E-state index is 0.511. The normalized spacial score (nSPS) is 29.6. The highest BCUT2D eigenvalue weighted by Gasteiger charge is 2.42. The molecule has 0 heteroatoms. The van der Waals surface area contributed by atoms with Gasteiger partial charge in [0.25, 0.3) is 0 Å². The van der Waals surface area contributed by atoms with Crippen LogP contribution in [0.3, 0.4) is 0 Å². The van der Waals surface area contributed by atoms with Crippen LogP contribution in [0.15, 0.2) is 24.3 Å². The molecule has 2 aliphatic carbocycles. The Morgan fingerprint density at radius 3 is 2.09 bits per heavy atom. The van der Waals surface area contributed by atoms with Gasteiger partial charge in [0, 0.05) is 0 Å². The lowest BCUT2D eigenvalue weighted by Crippen LogP contribution is -2.40. The van der Waals surface area contributed by atoms with Crippen LogP contribution in [-0.2, 0) is 11.8 Å². The van der Waals surface area contributed by atoms with Crippen molar-refractivity contribution >= 4 is 0 Å². The van der Waals surface area contributed by atoms with Crippen LogP contribution in [0.1, 0.15) is 95.6 Å². The lowest BCUT2D eigenvalue weighted by molar-refractivity contribution is 0.120. The second kappa shape index (κ2) is 7.86. The van der Waals surface area contributed by atoms with Gasteiger partial charge in [-0.3, -0.25) is 0 Å². The largest absolute Gasteiger partial charge is 0.0654 e. The Bertz CT molecular complexity index is 455. The van der Waals surface area contributed by atoms with Crippen LogP contribution >= 0.6 is 0 Å². The van der Waals surface area contributed by atoms with Gasteiger partial charge in [0.15, 0.2) is 0 Å². The van der Waals surface area contributed by atoms with Gasteiger partial charge in [0.1, 0.15) is 0 Å². The summed E-state index contributed by atoms with van der Waals surface area (Å²) in [5.41, 5.74) is 3.68. The first-order chi connectivity index (χ1) is 11.3. The van der Waals surface area contributed by atoms with Crippen LogP contribution in [0.25, 0.3) is 0 Å². The molecule has 0 aromatic heterocycles. The maximum atomic E-state index is 2.49. The molecule has 0 N–H and O–H groups in total. The fraction of sp³-hybridized carbons (Fsp3) is 0.739. The first-order valence-electron chi connectivity index (χ1n) is 10.4. The topological polar surface area (TPSA) is 0 Å². The third kappa shape index (κ3) is 3.67. The lowest BCUT2D eigenvalue weighted by atomic mass is 9.57. The van der Waals surface area contributed by atoms with E-state index in [2.05, 4.69) is 38.1 Å². The Labute approximate surface area is 144 Å². The van der Waals surface area contributed by atoms with Gasteiger partial charge >= 0.3 is 0 Å². The molecule has 128 valence electrons. The van der Waals surface area contributed by atoms with E-state index in [0.717, 1.165) is 18.3 Å². The highest BCUT2D eigenvalue weighted by Crippen LogP contribution is 2.51. The van der Waals surface area contributed by atoms with Crippen LogP contribution in [-0.4, -0.2) is 0 Å². The van der Waals surface area contributed by atoms with E-state index in [9.17, 15) is 0 Å². The van der Waals surface area contributed by atoms with E-state index in [1.165, 1.54) is 76.2 Å². The Morgan fingerprint density at radius 1 is 0.870 bits per heavy atom. The summed E-state index contributed by atoms with van der Waals surface area (Å²) in [7, 11) is 0. The van der Waals surface area contributed by atoms with Crippen LogP contribution < -0.4 is 0 Å². The fourth-order valence-corrected chi connectivity index (χ4v) is 5.55. The zero-order valence-electron chi connectivity index (χ0n) is 15.4. The molecule has 0 amide bonds. The molecule has 2 saturated carbocycles. The molecule has 0 spiro atoms. The van der Waals surface area contributed by atoms with Crippen molar-refractivity contribution in [2.45, 2.75) is 96.3 Å². The molecule has 0 saturated heterocycles. The maximum absolute atomic E-state index is 2.49. The van der Waals surface area contributed by atoms with E-state index < -0.39 is 0 Å². The quantitative estimate of drug-likeness (QED) is 0.546. The average molecular weight is 313 g/mol. The van der Waals surface area contributed by atoms with Gasteiger partial charge < -0.3 is 0 Å². The van der Waals surface area contributed by atoms with E-state index in [1.54, 1.807) is 5.56 Å². The molecule has 1 aromatic rings. The van der Waals surface area contributed by atoms with Crippen molar-refractivity contribution in [2.24, 2.45) is 11.8 Å². The number of benzene rings is 1. The summed E-state index contributed by atoms with van der Waals surface area (Å²) >= 11 is 0. The van der Waals surface area contributed by atoms with Gasteiger partial charge in [-0.25, -0.2) is 0 Å². The molecule has 3 rings (SSSR count). The number of hydrogen-bond donors (Lipinski definition) is 0. The van der Waals surface area contributed by atoms with Gasteiger partial charge in [-0.1, -0.05) is 70.2 Å². The average Bonchev–Trinajstić information content (AvgIpc) is 2.64. The Kier molecular flexibility index (Phi) is 5.83. The molecule has 0 aliphatic heterocycles. The molecule has 23 heavy (non-hydrogen) atoms. The minimum Gasteiger partial charge on any atom is -0.0654 e. The summed E-state index contributed by atoms with van der Waals surface area (Å²) in [5, 5.41) is 0. The van der Waals surface area contributed by atoms with Gasteiger partial charge in [0.05, 0.1) is 0 Å². The van der Waals surface area contributed by atoms with E-state index in [1.807, 2.05) is 0 Å². The summed E-state index contributed by atoms with van der Waals surface area (Å²) in [6.45, 7) is 4.62. The molecule has 0 heterocycles. The summed E-state index contributed by atoms with van der Waals surface area (Å²) < 4.78 is 0. The molecule has 0 atom stereocenters. The molecule has 2 fully saturated rings. The lowest BCUT2D eigenvalue weighted by Gasteiger charge is -2.48. The van der Waals surface area contributed by atoms with Gasteiger partial charge in [-0.2, -0.15) is 0 Å². The highest BCUT2D eigenvalue weighted by molar-refractivity contribution is 5.31. The Morgan fingerprint density at radius 2 is 1.52 bits per heavy atom. The zero-order chi connectivity index (χ0) is 16.1. The highest BCUT2D eigenvalue weighted by atomic mass is 14.5. The molecule has 0 nitrogen and oxygen atoms in total. The smallest absolute Gasteiger partial charge is 0.00185 e. The van der Waals surface area contributed by atoms with Crippen molar-refractivity contribution in [1.82, 2.24) is 0 Å². The number of aryl methyl sites for hydroxylation is 1. The monoisotopic (exact) mass is 312 g/mol. The first kappa shape index (κ1) is 17.1. The van der Waals surface area contributed by atoms with Crippen LogP contribution in [0.5, 0.6) is 0 Å². The van der Waals surface area contributed by atoms with E-state index in [-0.39, 0.29) is 0 Å². The summed E-state index contributed by atoms with van der Waals surface area (Å²) in [5.74, 6) is 1.96. The summed E-state index contributed by atoms with van der Waals surface area (Å²) in [6, 6.07) is 9.79. The molecule has 2 aliphatic rings. The minimum absolute atomic E-state index is 0.511. The Hall–Kier alpha value is -0.780. The zero-order valence-corrected chi connectivity index (χ0v) is 15.4. The maximum Gasteiger partial charge on any atom is -0.00185 e. The predicted octanol–water partition coefficient (Wildman–Crippen LogP) is 7.06. The van der Waals surface area contributed by atoms with Crippen LogP contribution in [0.2, 0.25) is 0 Å². The van der Waals surface area contributed by atoms with E-state index in [4.69, 9.17) is 0 Å². The van der Waals surface area contributed by atoms with Crippen LogP contribution in [0, 0.1) is 11.8 Å². The SMILES string of the molecule is CCCC1CCC(c2ccc(CC)cc2)(C2CCCCC2)CC1. The molecular weight excluding hydrogens is 276 g/mol. The van der Waals surface area contributed by atoms with E-state index >= 15 is 0 Å². The molecule has 0 bridgehead atoms. The number of rotatable bonds is 5. The second-order valence-electron chi connectivity index (χ2n) is 8.27. The van der Waals surface area contributed by atoms with Gasteiger partial charge in [-0.05, 0) is 73.3 Å². The third-order valence-electron chi connectivity index (χ3n) is 7.02. The van der Waals surface area contributed by atoms with Gasteiger partial charge in [0.2, 0.25) is 0 Å². The molecule has 0 radical (unpaired) electrons. The third-order valence-corrected chi connectivity index (χ3v) is 7.02. The molecule has 0 unspecified atom stereocenters. The van der Waals surface area contributed by atoms with Crippen molar-refractivity contribution in [2.75, 3.05) is 0 Å². The summed E-state index contributed by atoms with van der Waals surface area (Å²) in [6.07, 6.45) is 17.2. The Balaban J connectivity index is 1.84. The first-order valence-corrected chi connectivity index (χ1v) is 10.4. The van der Waals surface area contributed by atoms with Crippen molar-refractivity contribution in [1.29, 1.82) is 0 Å². The second-order valence-corrected chi connectivity index (χ2v) is 8.27. The summed E-state index contributed by atoms with van der Waals surface area (Å²) in [4.78, 5) is 0. The molecular formula is C23H36. The van der Waals surface area contributed by atoms with Crippen molar-refractivity contribution < 1.29 is 0 Å². The fourth-order valence-electron chi connectivity index (χ4n) is 5.55. The van der Waals surface area contributed by atoms with Crippen molar-refractivity contribution in [3.8, 4) is 0 Å². The van der Waals surface area contributed by atoms with Crippen molar-refractivity contribution in [3.63, 3.8) is 0 Å².